The monoisotopic (exact) mass is 431 g/mol. The van der Waals surface area contributed by atoms with Gasteiger partial charge in [-0.1, -0.05) is 35.3 Å². The highest BCUT2D eigenvalue weighted by atomic mass is 35.5. The van der Waals surface area contributed by atoms with Gasteiger partial charge in [-0.15, -0.1) is 5.10 Å². The molecule has 0 N–H and O–H groups in total. The van der Waals surface area contributed by atoms with Gasteiger partial charge in [0.15, 0.2) is 5.15 Å². The molecule has 0 fully saturated rings. The maximum Gasteiger partial charge on any atom is 0.437 e. The molecule has 0 aliphatic heterocycles. The van der Waals surface area contributed by atoms with E-state index in [1.54, 1.807) is 19.1 Å². The van der Waals surface area contributed by atoms with E-state index in [-0.39, 0.29) is 23.1 Å². The zero-order chi connectivity index (χ0) is 20.5. The Labute approximate surface area is 174 Å². The molecule has 0 aliphatic carbocycles. The summed E-state index contributed by atoms with van der Waals surface area (Å²) in [6.45, 7) is 2.07. The standard InChI is InChI=1S/C19H15Cl2N5O3/c1-11-8-22-17(21)16-15(11)18(27)25(10-23-16)9-14-24-26(19(28)29-14)7-6-12-2-4-13(20)5-3-12/h2-5,8,10H,6-7,9H2,1H3. The van der Waals surface area contributed by atoms with Crippen LogP contribution in [0, 0.1) is 6.92 Å². The van der Waals surface area contributed by atoms with E-state index in [1.807, 2.05) is 12.1 Å². The van der Waals surface area contributed by atoms with Crippen LogP contribution in [0.25, 0.3) is 10.9 Å². The van der Waals surface area contributed by atoms with Crippen LogP contribution in [0.4, 0.5) is 0 Å². The molecule has 29 heavy (non-hydrogen) atoms. The number of hydrogen-bond acceptors (Lipinski definition) is 6. The van der Waals surface area contributed by atoms with E-state index in [0.29, 0.717) is 34.5 Å². The third-order valence-electron chi connectivity index (χ3n) is 4.48. The molecule has 0 radical (unpaired) electrons. The molecule has 0 unspecified atom stereocenters. The second kappa shape index (κ2) is 7.81. The topological polar surface area (TPSA) is 95.8 Å². The van der Waals surface area contributed by atoms with Crippen LogP contribution in [0.5, 0.6) is 0 Å². The van der Waals surface area contributed by atoms with Gasteiger partial charge >= 0.3 is 5.76 Å². The molecule has 0 saturated carbocycles. The molecule has 0 bridgehead atoms. The van der Waals surface area contributed by atoms with Crippen LogP contribution in [0.1, 0.15) is 17.0 Å². The normalized spacial score (nSPS) is 11.3. The molecular weight excluding hydrogens is 417 g/mol. The van der Waals surface area contributed by atoms with Crippen molar-refractivity contribution in [3.63, 3.8) is 0 Å². The lowest BCUT2D eigenvalue weighted by Gasteiger charge is -2.06. The van der Waals surface area contributed by atoms with Gasteiger partial charge in [0, 0.05) is 11.2 Å². The maximum absolute atomic E-state index is 12.8. The number of aryl methyl sites for hydroxylation is 3. The predicted molar refractivity (Wildman–Crippen MR) is 109 cm³/mol. The van der Waals surface area contributed by atoms with E-state index in [4.69, 9.17) is 27.6 Å². The fourth-order valence-corrected chi connectivity index (χ4v) is 3.30. The van der Waals surface area contributed by atoms with Gasteiger partial charge in [0.05, 0.1) is 18.3 Å². The van der Waals surface area contributed by atoms with Gasteiger partial charge in [-0.25, -0.2) is 14.8 Å². The highest BCUT2D eigenvalue weighted by molar-refractivity contribution is 6.33. The first kappa shape index (κ1) is 19.4. The van der Waals surface area contributed by atoms with Gasteiger partial charge in [0.25, 0.3) is 5.56 Å². The van der Waals surface area contributed by atoms with Crippen molar-refractivity contribution in [3.05, 3.63) is 84.9 Å². The Balaban J connectivity index is 1.58. The van der Waals surface area contributed by atoms with Crippen LogP contribution in [-0.4, -0.2) is 24.3 Å². The van der Waals surface area contributed by atoms with E-state index in [2.05, 4.69) is 15.1 Å². The molecule has 0 saturated heterocycles. The zero-order valence-corrected chi connectivity index (χ0v) is 16.8. The molecule has 0 atom stereocenters. The summed E-state index contributed by atoms with van der Waals surface area (Å²) < 4.78 is 7.75. The molecule has 10 heteroatoms. The molecule has 3 heterocycles. The van der Waals surface area contributed by atoms with Crippen molar-refractivity contribution in [1.29, 1.82) is 0 Å². The Morgan fingerprint density at radius 1 is 1.10 bits per heavy atom. The Morgan fingerprint density at radius 3 is 2.62 bits per heavy atom. The number of benzene rings is 1. The average Bonchev–Trinajstić information content (AvgIpc) is 3.05. The molecule has 8 nitrogen and oxygen atoms in total. The van der Waals surface area contributed by atoms with Gasteiger partial charge in [-0.05, 0) is 36.6 Å². The van der Waals surface area contributed by atoms with Gasteiger partial charge in [0.2, 0.25) is 5.89 Å². The fraction of sp³-hybridized carbons (Fsp3) is 0.211. The van der Waals surface area contributed by atoms with E-state index in [1.165, 1.54) is 21.8 Å². The number of nitrogens with zero attached hydrogens (tertiary/aromatic N) is 5. The first-order chi connectivity index (χ1) is 13.9. The maximum atomic E-state index is 12.8. The van der Waals surface area contributed by atoms with Gasteiger partial charge in [-0.3, -0.25) is 9.36 Å². The van der Waals surface area contributed by atoms with Crippen molar-refractivity contribution in [1.82, 2.24) is 24.3 Å². The van der Waals surface area contributed by atoms with Gasteiger partial charge < -0.3 is 4.42 Å². The van der Waals surface area contributed by atoms with E-state index in [0.717, 1.165) is 5.56 Å². The van der Waals surface area contributed by atoms with E-state index < -0.39 is 5.76 Å². The first-order valence-corrected chi connectivity index (χ1v) is 9.49. The van der Waals surface area contributed by atoms with Crippen molar-refractivity contribution in [2.24, 2.45) is 0 Å². The Bertz CT molecular complexity index is 1310. The minimum atomic E-state index is -0.584. The summed E-state index contributed by atoms with van der Waals surface area (Å²) >= 11 is 11.9. The summed E-state index contributed by atoms with van der Waals surface area (Å²) in [5.41, 5.74) is 1.70. The summed E-state index contributed by atoms with van der Waals surface area (Å²) in [5, 5.41) is 5.37. The van der Waals surface area contributed by atoms with Crippen molar-refractivity contribution >= 4 is 34.1 Å². The summed E-state index contributed by atoms with van der Waals surface area (Å²) in [5.74, 6) is -0.466. The highest BCUT2D eigenvalue weighted by Crippen LogP contribution is 2.18. The lowest BCUT2D eigenvalue weighted by atomic mass is 10.1. The van der Waals surface area contributed by atoms with Gasteiger partial charge in [0.1, 0.15) is 12.1 Å². The van der Waals surface area contributed by atoms with Crippen LogP contribution >= 0.6 is 23.2 Å². The SMILES string of the molecule is Cc1cnc(Cl)c2ncn(Cc3nn(CCc4ccc(Cl)cc4)c(=O)o3)c(=O)c12. The van der Waals surface area contributed by atoms with Crippen LogP contribution in [-0.2, 0) is 19.5 Å². The molecule has 4 aromatic rings. The van der Waals surface area contributed by atoms with Gasteiger partial charge in [-0.2, -0.15) is 4.68 Å². The first-order valence-electron chi connectivity index (χ1n) is 8.74. The molecule has 1 aromatic carbocycles. The van der Waals surface area contributed by atoms with Crippen LogP contribution in [0.15, 0.2) is 50.8 Å². The Kier molecular flexibility index (Phi) is 5.21. The number of hydrogen-bond donors (Lipinski definition) is 0. The third kappa shape index (κ3) is 3.94. The average molecular weight is 432 g/mol. The number of fused-ring (bicyclic) bond motifs is 1. The number of halogens is 2. The zero-order valence-electron chi connectivity index (χ0n) is 15.3. The summed E-state index contributed by atoms with van der Waals surface area (Å²) in [6, 6.07) is 7.35. The predicted octanol–water partition coefficient (Wildman–Crippen LogP) is 2.85. The lowest BCUT2D eigenvalue weighted by Crippen LogP contribution is -2.22. The van der Waals surface area contributed by atoms with Crippen molar-refractivity contribution in [3.8, 4) is 0 Å². The molecule has 4 rings (SSSR count). The largest absolute Gasteiger partial charge is 0.437 e. The van der Waals surface area contributed by atoms with Crippen LogP contribution in [0.3, 0.4) is 0 Å². The molecular formula is C19H15Cl2N5O3. The fourth-order valence-electron chi connectivity index (χ4n) is 2.98. The quantitative estimate of drug-likeness (QED) is 0.450. The molecule has 0 spiro atoms. The lowest BCUT2D eigenvalue weighted by molar-refractivity contribution is 0.434. The number of aromatic nitrogens is 5. The second-order valence-corrected chi connectivity index (χ2v) is 7.29. The van der Waals surface area contributed by atoms with Crippen molar-refractivity contribution in [2.75, 3.05) is 0 Å². The second-order valence-electron chi connectivity index (χ2n) is 6.49. The summed E-state index contributed by atoms with van der Waals surface area (Å²) in [6.07, 6.45) is 3.44. The van der Waals surface area contributed by atoms with E-state index in [9.17, 15) is 9.59 Å². The smallest absolute Gasteiger partial charge is 0.390 e. The van der Waals surface area contributed by atoms with Crippen LogP contribution in [0.2, 0.25) is 10.2 Å². The number of rotatable bonds is 5. The van der Waals surface area contributed by atoms with E-state index >= 15 is 0 Å². The van der Waals surface area contributed by atoms with Crippen molar-refractivity contribution < 1.29 is 4.42 Å². The summed E-state index contributed by atoms with van der Waals surface area (Å²) in [7, 11) is 0. The Hall–Kier alpha value is -2.97. The molecule has 0 aliphatic rings. The minimum Gasteiger partial charge on any atom is -0.390 e. The van der Waals surface area contributed by atoms with Crippen molar-refractivity contribution in [2.45, 2.75) is 26.4 Å². The minimum absolute atomic E-state index is 0.0235. The third-order valence-corrected chi connectivity index (χ3v) is 5.01. The molecule has 3 aromatic heterocycles. The highest BCUT2D eigenvalue weighted by Gasteiger charge is 2.14. The number of pyridine rings is 1. The van der Waals surface area contributed by atoms with Crippen LogP contribution < -0.4 is 11.3 Å². The molecule has 0 amide bonds. The molecule has 148 valence electrons. The Morgan fingerprint density at radius 2 is 1.86 bits per heavy atom. The summed E-state index contributed by atoms with van der Waals surface area (Å²) in [4.78, 5) is 33.1.